The number of carbonyl (C=O) groups is 1. The molecule has 1 N–H and O–H groups in total. The van der Waals surface area contributed by atoms with Crippen molar-refractivity contribution in [2.45, 2.75) is 12.8 Å². The van der Waals surface area contributed by atoms with E-state index in [0.717, 1.165) is 12.8 Å². The Morgan fingerprint density at radius 2 is 2.07 bits per heavy atom. The third-order valence-electron chi connectivity index (χ3n) is 6.06. The van der Waals surface area contributed by atoms with Crippen LogP contribution in [0.25, 0.3) is 0 Å². The Morgan fingerprint density at radius 3 is 2.86 bits per heavy atom. The van der Waals surface area contributed by atoms with Gasteiger partial charge in [0.25, 0.3) is 5.91 Å². The first-order valence-corrected chi connectivity index (χ1v) is 9.95. The predicted molar refractivity (Wildman–Crippen MR) is 106 cm³/mol. The Hall–Kier alpha value is -2.37. The molecule has 1 amide bonds. The highest BCUT2D eigenvalue weighted by Gasteiger charge is 2.49. The van der Waals surface area contributed by atoms with Gasteiger partial charge < -0.3 is 19.5 Å². The lowest BCUT2D eigenvalue weighted by molar-refractivity contribution is -0.0415. The summed E-state index contributed by atoms with van der Waals surface area (Å²) in [5, 5.41) is 9.94. The SMILES string of the molecule is O=C(c1cccc(OCCc2ccccc2)c1)N1C[C@@H]2COCC[C@]2(CO)C1. The molecule has 0 unspecified atom stereocenters. The lowest BCUT2D eigenvalue weighted by Gasteiger charge is -2.36. The van der Waals surface area contributed by atoms with Crippen LogP contribution < -0.4 is 4.74 Å². The molecule has 2 aliphatic rings. The van der Waals surface area contributed by atoms with Crippen molar-refractivity contribution in [3.63, 3.8) is 0 Å². The number of nitrogens with zero attached hydrogens (tertiary/aromatic N) is 1. The Labute approximate surface area is 165 Å². The molecule has 0 aromatic heterocycles. The van der Waals surface area contributed by atoms with E-state index in [4.69, 9.17) is 9.47 Å². The summed E-state index contributed by atoms with van der Waals surface area (Å²) < 4.78 is 11.4. The number of hydrogen-bond donors (Lipinski definition) is 1. The van der Waals surface area contributed by atoms with Crippen molar-refractivity contribution in [3.8, 4) is 5.75 Å². The molecule has 0 spiro atoms. The minimum atomic E-state index is -0.211. The van der Waals surface area contributed by atoms with Crippen molar-refractivity contribution in [2.24, 2.45) is 11.3 Å². The number of amides is 1. The summed E-state index contributed by atoms with van der Waals surface area (Å²) >= 11 is 0. The third-order valence-corrected chi connectivity index (χ3v) is 6.06. The average molecular weight is 381 g/mol. The molecule has 2 aromatic rings. The zero-order valence-electron chi connectivity index (χ0n) is 16.0. The van der Waals surface area contributed by atoms with Crippen LogP contribution in [0, 0.1) is 11.3 Å². The van der Waals surface area contributed by atoms with Gasteiger partial charge in [-0.3, -0.25) is 4.79 Å². The maximum absolute atomic E-state index is 13.0. The van der Waals surface area contributed by atoms with Gasteiger partial charge in [0, 0.05) is 43.0 Å². The van der Waals surface area contributed by atoms with Gasteiger partial charge in [-0.05, 0) is 30.2 Å². The van der Waals surface area contributed by atoms with Gasteiger partial charge in [0.15, 0.2) is 0 Å². The minimum absolute atomic E-state index is 0.00395. The first-order valence-electron chi connectivity index (χ1n) is 9.95. The number of aliphatic hydroxyl groups is 1. The maximum atomic E-state index is 13.0. The van der Waals surface area contributed by atoms with E-state index in [1.165, 1.54) is 5.56 Å². The monoisotopic (exact) mass is 381 g/mol. The molecule has 0 bridgehead atoms. The average Bonchev–Trinajstić information content (AvgIpc) is 3.14. The Balaban J connectivity index is 1.39. The smallest absolute Gasteiger partial charge is 0.254 e. The summed E-state index contributed by atoms with van der Waals surface area (Å²) in [6.07, 6.45) is 1.63. The van der Waals surface area contributed by atoms with Crippen LogP contribution in [0.5, 0.6) is 5.75 Å². The number of aliphatic hydroxyl groups excluding tert-OH is 1. The first kappa shape index (κ1) is 19.0. The molecule has 2 aliphatic heterocycles. The molecule has 2 atom stereocenters. The fourth-order valence-corrected chi connectivity index (χ4v) is 4.29. The molecule has 0 saturated carbocycles. The summed E-state index contributed by atoms with van der Waals surface area (Å²) in [5.74, 6) is 0.912. The number of ether oxygens (including phenoxy) is 2. The molecule has 0 radical (unpaired) electrons. The second-order valence-electron chi connectivity index (χ2n) is 7.84. The lowest BCUT2D eigenvalue weighted by Crippen LogP contribution is -2.41. The standard InChI is InChI=1S/C23H27NO4/c25-17-23-10-12-27-15-20(23)14-24(16-23)22(26)19-7-4-8-21(13-19)28-11-9-18-5-2-1-3-6-18/h1-8,13,20,25H,9-12,14-17H2/t20-,23-/m1/s1. The molecule has 5 heteroatoms. The second-order valence-corrected chi connectivity index (χ2v) is 7.84. The number of rotatable bonds is 6. The van der Waals surface area contributed by atoms with Gasteiger partial charge in [-0.25, -0.2) is 0 Å². The zero-order valence-corrected chi connectivity index (χ0v) is 16.0. The second kappa shape index (κ2) is 8.33. The van der Waals surface area contributed by atoms with E-state index >= 15 is 0 Å². The molecule has 0 aliphatic carbocycles. The van der Waals surface area contributed by atoms with Crippen LogP contribution in [0.15, 0.2) is 54.6 Å². The van der Waals surface area contributed by atoms with E-state index in [-0.39, 0.29) is 23.8 Å². The van der Waals surface area contributed by atoms with Crippen LogP contribution in [0.2, 0.25) is 0 Å². The van der Waals surface area contributed by atoms with Gasteiger partial charge >= 0.3 is 0 Å². The highest BCUT2D eigenvalue weighted by atomic mass is 16.5. The third kappa shape index (κ3) is 3.91. The Kier molecular flexibility index (Phi) is 5.64. The quantitative estimate of drug-likeness (QED) is 0.836. The molecule has 2 fully saturated rings. The Morgan fingerprint density at radius 1 is 1.21 bits per heavy atom. The first-order chi connectivity index (χ1) is 13.7. The summed E-state index contributed by atoms with van der Waals surface area (Å²) in [5.41, 5.74) is 1.65. The summed E-state index contributed by atoms with van der Waals surface area (Å²) in [7, 11) is 0. The molecule has 148 valence electrons. The lowest BCUT2D eigenvalue weighted by atomic mass is 9.75. The number of hydrogen-bond acceptors (Lipinski definition) is 4. The highest BCUT2D eigenvalue weighted by molar-refractivity contribution is 5.94. The minimum Gasteiger partial charge on any atom is -0.493 e. The molecule has 2 aromatic carbocycles. The van der Waals surface area contributed by atoms with E-state index in [1.807, 2.05) is 47.4 Å². The highest BCUT2D eigenvalue weighted by Crippen LogP contribution is 2.42. The Bertz CT molecular complexity index is 809. The van der Waals surface area contributed by atoms with Crippen molar-refractivity contribution < 1.29 is 19.4 Å². The van der Waals surface area contributed by atoms with Crippen LogP contribution in [0.3, 0.4) is 0 Å². The van der Waals surface area contributed by atoms with Crippen LogP contribution in [0.1, 0.15) is 22.3 Å². The van der Waals surface area contributed by atoms with Crippen LogP contribution in [-0.2, 0) is 11.2 Å². The van der Waals surface area contributed by atoms with Crippen LogP contribution >= 0.6 is 0 Å². The maximum Gasteiger partial charge on any atom is 0.254 e. The fraction of sp³-hybridized carbons (Fsp3) is 0.435. The number of benzene rings is 2. The van der Waals surface area contributed by atoms with E-state index in [9.17, 15) is 9.90 Å². The fourth-order valence-electron chi connectivity index (χ4n) is 4.29. The molecular weight excluding hydrogens is 354 g/mol. The van der Waals surface area contributed by atoms with E-state index < -0.39 is 0 Å². The number of fused-ring (bicyclic) bond motifs is 1. The van der Waals surface area contributed by atoms with Crippen molar-refractivity contribution in [2.75, 3.05) is 39.5 Å². The van der Waals surface area contributed by atoms with Crippen molar-refractivity contribution in [1.29, 1.82) is 0 Å². The van der Waals surface area contributed by atoms with Gasteiger partial charge in [0.05, 0.1) is 19.8 Å². The number of carbonyl (C=O) groups excluding carboxylic acids is 1. The van der Waals surface area contributed by atoms with Crippen molar-refractivity contribution in [1.82, 2.24) is 4.90 Å². The van der Waals surface area contributed by atoms with Gasteiger partial charge in [0.2, 0.25) is 0 Å². The largest absolute Gasteiger partial charge is 0.493 e. The molecule has 2 saturated heterocycles. The molecule has 5 nitrogen and oxygen atoms in total. The van der Waals surface area contributed by atoms with Crippen molar-refractivity contribution >= 4 is 5.91 Å². The normalized spacial score (nSPS) is 24.0. The molecule has 2 heterocycles. The predicted octanol–water partition coefficient (Wildman–Crippen LogP) is 2.78. The zero-order chi connectivity index (χ0) is 19.4. The summed E-state index contributed by atoms with van der Waals surface area (Å²) in [4.78, 5) is 14.9. The van der Waals surface area contributed by atoms with E-state index in [0.29, 0.717) is 44.2 Å². The van der Waals surface area contributed by atoms with Gasteiger partial charge in [-0.2, -0.15) is 0 Å². The van der Waals surface area contributed by atoms with Gasteiger partial charge in [0.1, 0.15) is 5.75 Å². The van der Waals surface area contributed by atoms with E-state index in [1.54, 1.807) is 0 Å². The van der Waals surface area contributed by atoms with Crippen LogP contribution in [0.4, 0.5) is 0 Å². The summed E-state index contributed by atoms with van der Waals surface area (Å²) in [6.45, 7) is 3.18. The topological polar surface area (TPSA) is 59.0 Å². The van der Waals surface area contributed by atoms with Gasteiger partial charge in [-0.15, -0.1) is 0 Å². The number of likely N-dealkylation sites (tertiary alicyclic amines) is 1. The van der Waals surface area contributed by atoms with Crippen LogP contribution in [-0.4, -0.2) is 55.4 Å². The summed E-state index contributed by atoms with van der Waals surface area (Å²) in [6, 6.07) is 17.6. The molecular formula is C23H27NO4. The molecule has 28 heavy (non-hydrogen) atoms. The van der Waals surface area contributed by atoms with E-state index in [2.05, 4.69) is 12.1 Å². The molecule has 4 rings (SSSR count). The van der Waals surface area contributed by atoms with Gasteiger partial charge in [-0.1, -0.05) is 36.4 Å². The van der Waals surface area contributed by atoms with Crippen molar-refractivity contribution in [3.05, 3.63) is 65.7 Å².